The lowest BCUT2D eigenvalue weighted by Crippen LogP contribution is -2.08. The van der Waals surface area contributed by atoms with Gasteiger partial charge in [0.2, 0.25) is 0 Å². The molecule has 0 aliphatic heterocycles. The molecular weight excluding hydrogens is 283 g/mol. The first-order chi connectivity index (χ1) is 9.01. The molecule has 0 radical (unpaired) electrons. The highest BCUT2D eigenvalue weighted by Crippen LogP contribution is 2.34. The van der Waals surface area contributed by atoms with Crippen molar-refractivity contribution in [2.45, 2.75) is 39.5 Å². The summed E-state index contributed by atoms with van der Waals surface area (Å²) in [5, 5.41) is 0.571. The highest BCUT2D eigenvalue weighted by molar-refractivity contribution is 6.31. The minimum absolute atomic E-state index is 0.0356. The Hall–Kier alpha value is -0.730. The number of carbonyl (C=O) groups is 1. The summed E-state index contributed by atoms with van der Waals surface area (Å²) in [5.74, 6) is 1.43. The Kier molecular flexibility index (Phi) is 6.67. The van der Waals surface area contributed by atoms with Gasteiger partial charge in [-0.3, -0.25) is 4.79 Å². The van der Waals surface area contributed by atoms with Crippen molar-refractivity contribution in [2.24, 2.45) is 0 Å². The van der Waals surface area contributed by atoms with Crippen LogP contribution in [0.5, 0.6) is 5.75 Å². The van der Waals surface area contributed by atoms with Gasteiger partial charge in [-0.1, -0.05) is 25.4 Å². The molecule has 2 nitrogen and oxygen atoms in total. The summed E-state index contributed by atoms with van der Waals surface area (Å²) in [4.78, 5) is 12.2. The number of carbonyl (C=O) groups excluding carboxylic acids is 1. The van der Waals surface area contributed by atoms with Gasteiger partial charge in [-0.05, 0) is 37.0 Å². The molecule has 0 saturated heterocycles. The Morgan fingerprint density at radius 3 is 2.58 bits per heavy atom. The van der Waals surface area contributed by atoms with Gasteiger partial charge in [0, 0.05) is 17.3 Å². The smallest absolute Gasteiger partial charge is 0.166 e. The van der Waals surface area contributed by atoms with Gasteiger partial charge in [0.05, 0.1) is 12.2 Å². The first-order valence-corrected chi connectivity index (χ1v) is 7.47. The quantitative estimate of drug-likeness (QED) is 0.519. The summed E-state index contributed by atoms with van der Waals surface area (Å²) in [7, 11) is 0. The van der Waals surface area contributed by atoms with E-state index in [1.165, 1.54) is 0 Å². The minimum atomic E-state index is 0.0356. The van der Waals surface area contributed by atoms with Gasteiger partial charge < -0.3 is 4.74 Å². The highest BCUT2D eigenvalue weighted by Gasteiger charge is 2.19. The number of ketones is 1. The highest BCUT2D eigenvalue weighted by atomic mass is 35.5. The second-order valence-electron chi connectivity index (χ2n) is 4.68. The lowest BCUT2D eigenvalue weighted by Gasteiger charge is -2.17. The van der Waals surface area contributed by atoms with Crippen molar-refractivity contribution in [2.75, 3.05) is 12.5 Å². The molecule has 0 atom stereocenters. The predicted octanol–water partition coefficient (Wildman–Crippen LogP) is 5.06. The van der Waals surface area contributed by atoms with E-state index in [1.807, 2.05) is 13.0 Å². The van der Waals surface area contributed by atoms with Crippen molar-refractivity contribution in [1.82, 2.24) is 0 Å². The monoisotopic (exact) mass is 302 g/mol. The van der Waals surface area contributed by atoms with Crippen LogP contribution in [0.15, 0.2) is 12.1 Å². The van der Waals surface area contributed by atoms with Crippen LogP contribution in [0.2, 0.25) is 5.02 Å². The van der Waals surface area contributed by atoms with Gasteiger partial charge >= 0.3 is 0 Å². The third-order valence-corrected chi connectivity index (χ3v) is 3.32. The third-order valence-electron chi connectivity index (χ3n) is 2.83. The van der Waals surface area contributed by atoms with Crippen molar-refractivity contribution >= 4 is 29.0 Å². The average molecular weight is 303 g/mol. The molecular formula is C15H20Cl2O2. The van der Waals surface area contributed by atoms with Gasteiger partial charge in [-0.2, -0.15) is 0 Å². The summed E-state index contributed by atoms with van der Waals surface area (Å²) in [6.07, 6.45) is 1.08. The molecule has 0 heterocycles. The van der Waals surface area contributed by atoms with Gasteiger partial charge in [0.25, 0.3) is 0 Å². The largest absolute Gasteiger partial charge is 0.493 e. The van der Waals surface area contributed by atoms with Gasteiger partial charge in [0.15, 0.2) is 5.78 Å². The molecule has 0 aliphatic carbocycles. The van der Waals surface area contributed by atoms with Gasteiger partial charge in [-0.25, -0.2) is 0 Å². The molecule has 0 bridgehead atoms. The van der Waals surface area contributed by atoms with E-state index in [1.54, 1.807) is 6.07 Å². The molecule has 0 aliphatic rings. The molecule has 0 unspecified atom stereocenters. The van der Waals surface area contributed by atoms with E-state index in [-0.39, 0.29) is 11.7 Å². The first kappa shape index (κ1) is 16.3. The Morgan fingerprint density at radius 1 is 1.37 bits per heavy atom. The second-order valence-corrected chi connectivity index (χ2v) is 5.49. The molecule has 106 valence electrons. The summed E-state index contributed by atoms with van der Waals surface area (Å²) >= 11 is 11.7. The maximum absolute atomic E-state index is 12.2. The zero-order chi connectivity index (χ0) is 14.4. The maximum Gasteiger partial charge on any atom is 0.166 e. The second kappa shape index (κ2) is 7.76. The molecule has 0 aromatic heterocycles. The number of rotatable bonds is 7. The number of hydrogen-bond donors (Lipinski definition) is 0. The number of hydrogen-bond acceptors (Lipinski definition) is 2. The Bertz CT molecular complexity index is 442. The van der Waals surface area contributed by atoms with Crippen molar-refractivity contribution < 1.29 is 9.53 Å². The van der Waals surface area contributed by atoms with Gasteiger partial charge in [-0.15, -0.1) is 11.6 Å². The van der Waals surface area contributed by atoms with E-state index >= 15 is 0 Å². The van der Waals surface area contributed by atoms with E-state index in [0.29, 0.717) is 41.7 Å². The lowest BCUT2D eigenvalue weighted by molar-refractivity contribution is 0.0978. The van der Waals surface area contributed by atoms with Crippen molar-refractivity contribution in [3.8, 4) is 5.75 Å². The van der Waals surface area contributed by atoms with Crippen LogP contribution in [0.3, 0.4) is 0 Å². The fourth-order valence-corrected chi connectivity index (χ4v) is 2.28. The van der Waals surface area contributed by atoms with E-state index in [2.05, 4.69) is 13.8 Å². The molecule has 1 aromatic rings. The fourth-order valence-electron chi connectivity index (χ4n) is 1.92. The topological polar surface area (TPSA) is 26.3 Å². The SMILES string of the molecule is CCOc1c(C(=O)CCCCl)cc(Cl)cc1C(C)C. The van der Waals surface area contributed by atoms with Crippen LogP contribution in [0.4, 0.5) is 0 Å². The Morgan fingerprint density at radius 2 is 2.05 bits per heavy atom. The van der Waals surface area contributed by atoms with E-state index in [9.17, 15) is 4.79 Å². The molecule has 4 heteroatoms. The molecule has 0 fully saturated rings. The molecule has 0 N–H and O–H groups in total. The van der Waals surface area contributed by atoms with Crippen molar-refractivity contribution in [1.29, 1.82) is 0 Å². The molecule has 1 aromatic carbocycles. The fraction of sp³-hybridized carbons (Fsp3) is 0.533. The Labute approximate surface area is 125 Å². The summed E-state index contributed by atoms with van der Waals surface area (Å²) < 4.78 is 5.67. The predicted molar refractivity (Wildman–Crippen MR) is 81.0 cm³/mol. The lowest BCUT2D eigenvalue weighted by atomic mass is 9.96. The van der Waals surface area contributed by atoms with Crippen LogP contribution in [-0.4, -0.2) is 18.3 Å². The van der Waals surface area contributed by atoms with E-state index in [4.69, 9.17) is 27.9 Å². The normalized spacial score (nSPS) is 10.8. The molecule has 1 rings (SSSR count). The summed E-state index contributed by atoms with van der Waals surface area (Å²) in [6, 6.07) is 3.56. The zero-order valence-corrected chi connectivity index (χ0v) is 13.1. The third kappa shape index (κ3) is 4.39. The van der Waals surface area contributed by atoms with Crippen LogP contribution in [0.1, 0.15) is 55.5 Å². The first-order valence-electron chi connectivity index (χ1n) is 6.56. The standard InChI is InChI=1S/C15H20Cl2O2/c1-4-19-15-12(10(2)3)8-11(17)9-13(15)14(18)6-5-7-16/h8-10H,4-7H2,1-3H3. The van der Waals surface area contributed by atoms with Crippen LogP contribution >= 0.6 is 23.2 Å². The number of ether oxygens (including phenoxy) is 1. The molecule has 0 spiro atoms. The average Bonchev–Trinajstić information content (AvgIpc) is 2.37. The van der Waals surface area contributed by atoms with E-state index < -0.39 is 0 Å². The summed E-state index contributed by atoms with van der Waals surface area (Å²) in [5.41, 5.74) is 1.55. The number of Topliss-reactive ketones (excluding diaryl/α,β-unsaturated/α-hetero) is 1. The van der Waals surface area contributed by atoms with Crippen molar-refractivity contribution in [3.05, 3.63) is 28.3 Å². The Balaban J connectivity index is 3.23. The van der Waals surface area contributed by atoms with Crippen LogP contribution < -0.4 is 4.74 Å². The van der Waals surface area contributed by atoms with Crippen LogP contribution in [-0.2, 0) is 0 Å². The van der Waals surface area contributed by atoms with Crippen molar-refractivity contribution in [3.63, 3.8) is 0 Å². The number of benzene rings is 1. The van der Waals surface area contributed by atoms with E-state index in [0.717, 1.165) is 5.56 Å². The number of alkyl halides is 1. The number of halogens is 2. The van der Waals surface area contributed by atoms with Gasteiger partial charge in [0.1, 0.15) is 5.75 Å². The zero-order valence-electron chi connectivity index (χ0n) is 11.6. The molecule has 0 amide bonds. The van der Waals surface area contributed by atoms with Crippen LogP contribution in [0.25, 0.3) is 0 Å². The van der Waals surface area contributed by atoms with Crippen LogP contribution in [0, 0.1) is 0 Å². The molecule has 19 heavy (non-hydrogen) atoms. The summed E-state index contributed by atoms with van der Waals surface area (Å²) in [6.45, 7) is 6.55. The molecule has 0 saturated carbocycles. The minimum Gasteiger partial charge on any atom is -0.493 e. The maximum atomic E-state index is 12.2.